The van der Waals surface area contributed by atoms with Crippen LogP contribution in [0.15, 0.2) is 12.3 Å². The largest absolute Gasteiger partial charge is 0.359 e. The van der Waals surface area contributed by atoms with Crippen molar-refractivity contribution < 1.29 is 9.18 Å². The monoisotopic (exact) mass is 259 g/mol. The van der Waals surface area contributed by atoms with Gasteiger partial charge in [-0.2, -0.15) is 0 Å². The number of halogens is 2. The molecule has 1 aromatic heterocycles. The molecule has 0 aliphatic heterocycles. The average Bonchev–Trinajstić information content (AvgIpc) is 2.13. The van der Waals surface area contributed by atoms with E-state index in [0.717, 1.165) is 6.07 Å². The highest BCUT2D eigenvalue weighted by molar-refractivity contribution is 6.30. The first-order valence-corrected chi connectivity index (χ1v) is 5.51. The Kier molecular flexibility index (Phi) is 4.28. The topological polar surface area (TPSA) is 54.0 Å². The lowest BCUT2D eigenvalue weighted by Crippen LogP contribution is -2.43. The van der Waals surface area contributed by atoms with Crippen LogP contribution < -0.4 is 10.6 Å². The molecule has 0 aliphatic rings. The standard InChI is InChI=1S/C11H15ClFN3O/c1-11(2,3)16-9(17)6-15-10-8(13)4-7(12)5-14-10/h4-5H,6H2,1-3H3,(H,14,15)(H,16,17). The van der Waals surface area contributed by atoms with E-state index in [2.05, 4.69) is 15.6 Å². The van der Waals surface area contributed by atoms with E-state index in [-0.39, 0.29) is 28.8 Å². The van der Waals surface area contributed by atoms with Crippen molar-refractivity contribution >= 4 is 23.3 Å². The summed E-state index contributed by atoms with van der Waals surface area (Å²) in [7, 11) is 0. The molecule has 17 heavy (non-hydrogen) atoms. The number of hydrogen-bond donors (Lipinski definition) is 2. The number of anilines is 1. The van der Waals surface area contributed by atoms with Crippen molar-refractivity contribution in [2.75, 3.05) is 11.9 Å². The molecular formula is C11H15ClFN3O. The molecule has 0 spiro atoms. The maximum atomic E-state index is 13.3. The first kappa shape index (κ1) is 13.7. The quantitative estimate of drug-likeness (QED) is 0.875. The molecule has 0 unspecified atom stereocenters. The van der Waals surface area contributed by atoms with Crippen LogP contribution in [-0.4, -0.2) is 23.0 Å². The van der Waals surface area contributed by atoms with Crippen LogP contribution in [0.4, 0.5) is 10.2 Å². The molecule has 0 saturated heterocycles. The van der Waals surface area contributed by atoms with Gasteiger partial charge in [0, 0.05) is 11.7 Å². The Bertz CT molecular complexity index is 418. The summed E-state index contributed by atoms with van der Waals surface area (Å²) < 4.78 is 13.3. The first-order chi connectivity index (χ1) is 7.78. The van der Waals surface area contributed by atoms with E-state index in [1.54, 1.807) is 0 Å². The van der Waals surface area contributed by atoms with Crippen LogP contribution in [0.25, 0.3) is 0 Å². The van der Waals surface area contributed by atoms with Crippen molar-refractivity contribution in [1.29, 1.82) is 0 Å². The van der Waals surface area contributed by atoms with Crippen LogP contribution in [0.5, 0.6) is 0 Å². The lowest BCUT2D eigenvalue weighted by atomic mass is 10.1. The van der Waals surface area contributed by atoms with Crippen LogP contribution in [0.3, 0.4) is 0 Å². The van der Waals surface area contributed by atoms with E-state index in [9.17, 15) is 9.18 Å². The van der Waals surface area contributed by atoms with E-state index in [1.165, 1.54) is 6.20 Å². The van der Waals surface area contributed by atoms with Crippen molar-refractivity contribution in [1.82, 2.24) is 10.3 Å². The lowest BCUT2D eigenvalue weighted by Gasteiger charge is -2.20. The van der Waals surface area contributed by atoms with Crippen LogP contribution in [-0.2, 0) is 4.79 Å². The van der Waals surface area contributed by atoms with Gasteiger partial charge < -0.3 is 10.6 Å². The normalized spacial score (nSPS) is 11.1. The fourth-order valence-electron chi connectivity index (χ4n) is 1.17. The van der Waals surface area contributed by atoms with Gasteiger partial charge in [0.15, 0.2) is 11.6 Å². The molecule has 94 valence electrons. The molecule has 0 aliphatic carbocycles. The molecule has 1 aromatic rings. The summed E-state index contributed by atoms with van der Waals surface area (Å²) in [6.45, 7) is 5.56. The minimum absolute atomic E-state index is 0.0125. The minimum Gasteiger partial charge on any atom is -0.359 e. The van der Waals surface area contributed by atoms with Crippen LogP contribution in [0.2, 0.25) is 5.02 Å². The van der Waals surface area contributed by atoms with Gasteiger partial charge in [0.25, 0.3) is 0 Å². The first-order valence-electron chi connectivity index (χ1n) is 5.14. The molecule has 1 rings (SSSR count). The molecule has 1 amide bonds. The van der Waals surface area contributed by atoms with Gasteiger partial charge in [0.1, 0.15) is 0 Å². The Morgan fingerprint density at radius 1 is 1.53 bits per heavy atom. The molecule has 2 N–H and O–H groups in total. The molecule has 0 bridgehead atoms. The van der Waals surface area contributed by atoms with E-state index in [0.29, 0.717) is 0 Å². The molecule has 0 fully saturated rings. The Morgan fingerprint density at radius 3 is 2.71 bits per heavy atom. The maximum Gasteiger partial charge on any atom is 0.239 e. The van der Waals surface area contributed by atoms with Gasteiger partial charge in [-0.15, -0.1) is 0 Å². The predicted molar refractivity (Wildman–Crippen MR) is 65.6 cm³/mol. The van der Waals surface area contributed by atoms with Gasteiger partial charge in [-0.05, 0) is 26.8 Å². The Morgan fingerprint density at radius 2 is 2.18 bits per heavy atom. The summed E-state index contributed by atoms with van der Waals surface area (Å²) in [6, 6.07) is 1.14. The third-order valence-corrected chi connectivity index (χ3v) is 1.95. The summed E-state index contributed by atoms with van der Waals surface area (Å²) in [5, 5.41) is 5.56. The van der Waals surface area contributed by atoms with Gasteiger partial charge in [-0.25, -0.2) is 9.37 Å². The predicted octanol–water partition coefficient (Wildman–Crippen LogP) is 2.20. The molecule has 0 aromatic carbocycles. The number of carbonyl (C=O) groups excluding carboxylic acids is 1. The highest BCUT2D eigenvalue weighted by Gasteiger charge is 2.14. The fourth-order valence-corrected chi connectivity index (χ4v) is 1.32. The number of carbonyl (C=O) groups is 1. The Balaban J connectivity index is 2.53. The van der Waals surface area contributed by atoms with Crippen molar-refractivity contribution in [3.8, 4) is 0 Å². The van der Waals surface area contributed by atoms with Gasteiger partial charge >= 0.3 is 0 Å². The summed E-state index contributed by atoms with van der Waals surface area (Å²) in [5.74, 6) is -0.798. The van der Waals surface area contributed by atoms with Gasteiger partial charge in [-0.3, -0.25) is 4.79 Å². The summed E-state index contributed by atoms with van der Waals surface area (Å²) in [5.41, 5.74) is -0.315. The van der Waals surface area contributed by atoms with Crippen molar-refractivity contribution in [3.63, 3.8) is 0 Å². The van der Waals surface area contributed by atoms with E-state index in [1.807, 2.05) is 20.8 Å². The number of amides is 1. The van der Waals surface area contributed by atoms with E-state index < -0.39 is 5.82 Å². The van der Waals surface area contributed by atoms with Gasteiger partial charge in [0.2, 0.25) is 5.91 Å². The van der Waals surface area contributed by atoms with Crippen LogP contribution in [0.1, 0.15) is 20.8 Å². The molecule has 0 radical (unpaired) electrons. The molecule has 6 heteroatoms. The van der Waals surface area contributed by atoms with Crippen LogP contribution >= 0.6 is 11.6 Å². The second kappa shape index (κ2) is 5.31. The number of aromatic nitrogens is 1. The zero-order chi connectivity index (χ0) is 13.1. The summed E-state index contributed by atoms with van der Waals surface area (Å²) in [4.78, 5) is 15.2. The van der Waals surface area contributed by atoms with Crippen molar-refractivity contribution in [2.24, 2.45) is 0 Å². The smallest absolute Gasteiger partial charge is 0.239 e. The zero-order valence-corrected chi connectivity index (χ0v) is 10.7. The second-order valence-corrected chi connectivity index (χ2v) is 5.07. The highest BCUT2D eigenvalue weighted by atomic mass is 35.5. The van der Waals surface area contributed by atoms with Gasteiger partial charge in [0.05, 0.1) is 11.6 Å². The SMILES string of the molecule is CC(C)(C)NC(=O)CNc1ncc(Cl)cc1F. The minimum atomic E-state index is -0.582. The van der Waals surface area contributed by atoms with Crippen LogP contribution in [0, 0.1) is 5.82 Å². The fraction of sp³-hybridized carbons (Fsp3) is 0.455. The number of pyridine rings is 1. The maximum absolute atomic E-state index is 13.3. The number of hydrogen-bond acceptors (Lipinski definition) is 3. The van der Waals surface area contributed by atoms with E-state index in [4.69, 9.17) is 11.6 Å². The number of rotatable bonds is 3. The number of nitrogens with one attached hydrogen (secondary N) is 2. The molecular weight excluding hydrogens is 245 g/mol. The van der Waals surface area contributed by atoms with Gasteiger partial charge in [-0.1, -0.05) is 11.6 Å². The summed E-state index contributed by atoms with van der Waals surface area (Å²) >= 11 is 5.56. The Labute approximate surface area is 105 Å². The zero-order valence-electron chi connectivity index (χ0n) is 9.97. The second-order valence-electron chi connectivity index (χ2n) is 4.64. The third-order valence-electron chi connectivity index (χ3n) is 1.74. The molecule has 0 atom stereocenters. The molecule has 1 heterocycles. The van der Waals surface area contributed by atoms with Crippen molar-refractivity contribution in [2.45, 2.75) is 26.3 Å². The third kappa shape index (κ3) is 4.99. The molecule has 0 saturated carbocycles. The van der Waals surface area contributed by atoms with E-state index >= 15 is 0 Å². The molecule has 4 nitrogen and oxygen atoms in total. The highest BCUT2D eigenvalue weighted by Crippen LogP contribution is 2.14. The average molecular weight is 260 g/mol. The Hall–Kier alpha value is -1.36. The van der Waals surface area contributed by atoms with Crippen molar-refractivity contribution in [3.05, 3.63) is 23.1 Å². The lowest BCUT2D eigenvalue weighted by molar-refractivity contribution is -0.120. The summed E-state index contributed by atoms with van der Waals surface area (Å²) in [6.07, 6.45) is 1.31. The number of nitrogens with zero attached hydrogens (tertiary/aromatic N) is 1.